The van der Waals surface area contributed by atoms with Crippen LogP contribution in [-0.2, 0) is 0 Å². The smallest absolute Gasteiger partial charge is 0.00773 e. The first-order valence-electron chi connectivity index (χ1n) is 6.82. The van der Waals surface area contributed by atoms with Crippen molar-refractivity contribution >= 4 is 0 Å². The second kappa shape index (κ2) is 17.3. The van der Waals surface area contributed by atoms with Gasteiger partial charge in [0.15, 0.2) is 0 Å². The van der Waals surface area contributed by atoms with Gasteiger partial charge in [-0.05, 0) is 25.9 Å². The van der Waals surface area contributed by atoms with E-state index in [2.05, 4.69) is 0 Å². The third kappa shape index (κ3) is 16.3. The molecule has 0 fully saturated rings. The van der Waals surface area contributed by atoms with E-state index >= 15 is 0 Å². The SMILES string of the molecule is NCCCCCCCCCCCCCN.O. The molecule has 0 saturated carbocycles. The molecular weight excluding hydrogens is 200 g/mol. The Hall–Kier alpha value is -0.120. The highest BCUT2D eigenvalue weighted by atomic mass is 16.0. The number of rotatable bonds is 12. The van der Waals surface area contributed by atoms with Gasteiger partial charge >= 0.3 is 0 Å². The van der Waals surface area contributed by atoms with Crippen LogP contribution in [0.1, 0.15) is 70.6 Å². The molecule has 0 radical (unpaired) electrons. The van der Waals surface area contributed by atoms with Gasteiger partial charge in [-0.25, -0.2) is 0 Å². The fraction of sp³-hybridized carbons (Fsp3) is 1.00. The van der Waals surface area contributed by atoms with E-state index in [0.717, 1.165) is 13.1 Å². The van der Waals surface area contributed by atoms with Gasteiger partial charge < -0.3 is 16.9 Å². The molecule has 0 aliphatic carbocycles. The third-order valence-corrected chi connectivity index (χ3v) is 2.91. The average Bonchev–Trinajstić information content (AvgIpc) is 2.26. The van der Waals surface area contributed by atoms with Crippen LogP contribution in [0.5, 0.6) is 0 Å². The van der Waals surface area contributed by atoms with Gasteiger partial charge in [0.25, 0.3) is 0 Å². The van der Waals surface area contributed by atoms with Gasteiger partial charge in [-0.3, -0.25) is 0 Å². The minimum absolute atomic E-state index is 0. The molecular formula is C13H32N2O. The quantitative estimate of drug-likeness (QED) is 0.506. The first kappa shape index (κ1) is 18.3. The molecule has 0 rings (SSSR count). The van der Waals surface area contributed by atoms with Crippen molar-refractivity contribution in [2.24, 2.45) is 11.5 Å². The fourth-order valence-electron chi connectivity index (χ4n) is 1.88. The molecule has 0 atom stereocenters. The minimum Gasteiger partial charge on any atom is -0.412 e. The van der Waals surface area contributed by atoms with E-state index in [1.54, 1.807) is 0 Å². The van der Waals surface area contributed by atoms with E-state index in [0.29, 0.717) is 0 Å². The van der Waals surface area contributed by atoms with Crippen LogP contribution in [0, 0.1) is 0 Å². The Morgan fingerprint density at radius 2 is 0.562 bits per heavy atom. The van der Waals surface area contributed by atoms with Crippen LogP contribution < -0.4 is 11.5 Å². The molecule has 100 valence electrons. The summed E-state index contributed by atoms with van der Waals surface area (Å²) < 4.78 is 0. The summed E-state index contributed by atoms with van der Waals surface area (Å²) in [5.41, 5.74) is 10.9. The molecule has 6 N–H and O–H groups in total. The zero-order valence-electron chi connectivity index (χ0n) is 10.8. The molecule has 0 aromatic heterocycles. The molecule has 0 unspecified atom stereocenters. The van der Waals surface area contributed by atoms with Crippen molar-refractivity contribution in [3.05, 3.63) is 0 Å². The van der Waals surface area contributed by atoms with E-state index in [9.17, 15) is 0 Å². The lowest BCUT2D eigenvalue weighted by Gasteiger charge is -2.01. The van der Waals surface area contributed by atoms with Gasteiger partial charge in [0, 0.05) is 0 Å². The second-order valence-electron chi connectivity index (χ2n) is 4.47. The minimum atomic E-state index is 0. The van der Waals surface area contributed by atoms with Crippen LogP contribution in [0.3, 0.4) is 0 Å². The number of nitrogens with two attached hydrogens (primary N) is 2. The number of hydrogen-bond donors (Lipinski definition) is 2. The second-order valence-corrected chi connectivity index (χ2v) is 4.47. The summed E-state index contributed by atoms with van der Waals surface area (Å²) >= 11 is 0. The van der Waals surface area contributed by atoms with Crippen molar-refractivity contribution in [1.82, 2.24) is 0 Å². The molecule has 0 saturated heterocycles. The maximum atomic E-state index is 5.44. The lowest BCUT2D eigenvalue weighted by molar-refractivity contribution is 0.548. The standard InChI is InChI=1S/C13H30N2.H2O/c14-12-10-8-6-4-2-1-3-5-7-9-11-13-15;/h1-15H2;1H2. The van der Waals surface area contributed by atoms with E-state index < -0.39 is 0 Å². The summed E-state index contributed by atoms with van der Waals surface area (Å²) in [5.74, 6) is 0. The van der Waals surface area contributed by atoms with Gasteiger partial charge in [0.2, 0.25) is 0 Å². The average molecular weight is 232 g/mol. The lowest BCUT2D eigenvalue weighted by Crippen LogP contribution is -1.97. The Kier molecular flexibility index (Phi) is 19.7. The maximum Gasteiger partial charge on any atom is -0.00773 e. The van der Waals surface area contributed by atoms with Crippen LogP contribution in [-0.4, -0.2) is 18.6 Å². The molecule has 0 bridgehead atoms. The van der Waals surface area contributed by atoms with Crippen molar-refractivity contribution in [1.29, 1.82) is 0 Å². The van der Waals surface area contributed by atoms with E-state index in [4.69, 9.17) is 11.5 Å². The molecule has 3 nitrogen and oxygen atoms in total. The van der Waals surface area contributed by atoms with Crippen LogP contribution in [0.25, 0.3) is 0 Å². The maximum absolute atomic E-state index is 5.44. The highest BCUT2D eigenvalue weighted by Gasteiger charge is 1.92. The summed E-state index contributed by atoms with van der Waals surface area (Å²) in [7, 11) is 0. The summed E-state index contributed by atoms with van der Waals surface area (Å²) in [6, 6.07) is 0. The number of unbranched alkanes of at least 4 members (excludes halogenated alkanes) is 10. The topological polar surface area (TPSA) is 83.5 Å². The summed E-state index contributed by atoms with van der Waals surface area (Å²) in [4.78, 5) is 0. The summed E-state index contributed by atoms with van der Waals surface area (Å²) in [6.45, 7) is 1.72. The Morgan fingerprint density at radius 3 is 0.750 bits per heavy atom. The Balaban J connectivity index is 0. The predicted molar refractivity (Wildman–Crippen MR) is 72.5 cm³/mol. The molecule has 3 heteroatoms. The van der Waals surface area contributed by atoms with Crippen molar-refractivity contribution in [2.45, 2.75) is 70.6 Å². The molecule has 0 heterocycles. The van der Waals surface area contributed by atoms with E-state index in [-0.39, 0.29) is 5.48 Å². The monoisotopic (exact) mass is 232 g/mol. The number of hydrogen-bond acceptors (Lipinski definition) is 2. The van der Waals surface area contributed by atoms with Gasteiger partial charge in [-0.2, -0.15) is 0 Å². The fourth-order valence-corrected chi connectivity index (χ4v) is 1.88. The molecule has 0 aromatic carbocycles. The lowest BCUT2D eigenvalue weighted by atomic mass is 10.1. The Labute approximate surface area is 101 Å². The van der Waals surface area contributed by atoms with E-state index in [1.807, 2.05) is 0 Å². The van der Waals surface area contributed by atoms with Crippen molar-refractivity contribution < 1.29 is 5.48 Å². The highest BCUT2D eigenvalue weighted by molar-refractivity contribution is 4.48. The molecule has 0 aliphatic heterocycles. The first-order valence-corrected chi connectivity index (χ1v) is 6.82. The van der Waals surface area contributed by atoms with Gasteiger partial charge in [-0.1, -0.05) is 57.8 Å². The molecule has 0 aromatic rings. The normalized spacial score (nSPS) is 10.1. The van der Waals surface area contributed by atoms with Crippen molar-refractivity contribution in [3.63, 3.8) is 0 Å². The Morgan fingerprint density at radius 1 is 0.375 bits per heavy atom. The van der Waals surface area contributed by atoms with Crippen molar-refractivity contribution in [3.8, 4) is 0 Å². The van der Waals surface area contributed by atoms with Crippen LogP contribution in [0.4, 0.5) is 0 Å². The van der Waals surface area contributed by atoms with Crippen LogP contribution in [0.2, 0.25) is 0 Å². The summed E-state index contributed by atoms with van der Waals surface area (Å²) in [5, 5.41) is 0. The zero-order valence-corrected chi connectivity index (χ0v) is 10.8. The van der Waals surface area contributed by atoms with Gasteiger partial charge in [0.1, 0.15) is 0 Å². The molecule has 0 amide bonds. The summed E-state index contributed by atoms with van der Waals surface area (Å²) in [6.07, 6.45) is 14.9. The largest absolute Gasteiger partial charge is 0.412 e. The van der Waals surface area contributed by atoms with Crippen LogP contribution in [0.15, 0.2) is 0 Å². The predicted octanol–water partition coefficient (Wildman–Crippen LogP) is 2.37. The molecule has 0 spiro atoms. The third-order valence-electron chi connectivity index (χ3n) is 2.91. The molecule has 16 heavy (non-hydrogen) atoms. The highest BCUT2D eigenvalue weighted by Crippen LogP contribution is 2.10. The van der Waals surface area contributed by atoms with E-state index in [1.165, 1.54) is 70.6 Å². The molecule has 0 aliphatic rings. The first-order chi connectivity index (χ1) is 7.41. The van der Waals surface area contributed by atoms with Gasteiger partial charge in [0.05, 0.1) is 0 Å². The van der Waals surface area contributed by atoms with Gasteiger partial charge in [-0.15, -0.1) is 0 Å². The Bertz CT molecular complexity index is 98.1. The van der Waals surface area contributed by atoms with Crippen LogP contribution >= 0.6 is 0 Å². The zero-order chi connectivity index (χ0) is 11.2. The van der Waals surface area contributed by atoms with Crippen molar-refractivity contribution in [2.75, 3.05) is 13.1 Å².